The van der Waals surface area contributed by atoms with Crippen molar-refractivity contribution < 1.29 is 13.2 Å². The summed E-state index contributed by atoms with van der Waals surface area (Å²) in [6.07, 6.45) is 4.39. The van der Waals surface area contributed by atoms with Crippen LogP contribution < -0.4 is 5.32 Å². The van der Waals surface area contributed by atoms with Crippen molar-refractivity contribution in [2.75, 3.05) is 25.0 Å². The van der Waals surface area contributed by atoms with Gasteiger partial charge >= 0.3 is 0 Å². The molecule has 1 saturated heterocycles. The van der Waals surface area contributed by atoms with Gasteiger partial charge in [-0.1, -0.05) is 41.4 Å². The molecule has 0 bridgehead atoms. The zero-order valence-corrected chi connectivity index (χ0v) is 20.0. The highest BCUT2D eigenvalue weighted by Gasteiger charge is 2.30. The van der Waals surface area contributed by atoms with Gasteiger partial charge in [-0.05, 0) is 56.4 Å². The first-order valence-corrected chi connectivity index (χ1v) is 13.0. The smallest absolute Gasteiger partial charge is 0.243 e. The van der Waals surface area contributed by atoms with Crippen LogP contribution in [0, 0.1) is 6.92 Å². The number of anilines is 1. The molecule has 1 amide bonds. The summed E-state index contributed by atoms with van der Waals surface area (Å²) in [5.41, 5.74) is 2.82. The summed E-state index contributed by atoms with van der Waals surface area (Å²) in [4.78, 5) is 15.2. The summed E-state index contributed by atoms with van der Waals surface area (Å²) < 4.78 is 27.2. The van der Waals surface area contributed by atoms with Crippen LogP contribution in [-0.2, 0) is 21.4 Å². The van der Waals surface area contributed by atoms with Crippen LogP contribution in [0.15, 0.2) is 47.4 Å². The Morgan fingerprint density at radius 1 is 1.12 bits per heavy atom. The van der Waals surface area contributed by atoms with E-state index in [2.05, 4.69) is 41.4 Å². The molecular weight excluding hydrogens is 446 g/mol. The zero-order valence-electron chi connectivity index (χ0n) is 18.4. The Kier molecular flexibility index (Phi) is 7.20. The van der Waals surface area contributed by atoms with Gasteiger partial charge < -0.3 is 5.32 Å². The Labute approximate surface area is 195 Å². The predicted molar refractivity (Wildman–Crippen MR) is 127 cm³/mol. The Balaban J connectivity index is 1.38. The maximum Gasteiger partial charge on any atom is 0.243 e. The van der Waals surface area contributed by atoms with Crippen molar-refractivity contribution in [3.05, 3.63) is 58.6 Å². The molecule has 1 saturated carbocycles. The fourth-order valence-electron chi connectivity index (χ4n) is 4.05. The largest absolute Gasteiger partial charge is 0.325 e. The molecule has 2 aromatic rings. The summed E-state index contributed by atoms with van der Waals surface area (Å²) in [5, 5.41) is 3.15. The summed E-state index contributed by atoms with van der Waals surface area (Å²) in [6.45, 7) is 4.61. The highest BCUT2D eigenvalue weighted by molar-refractivity contribution is 7.89. The fourth-order valence-corrected chi connectivity index (χ4v) is 5.76. The van der Waals surface area contributed by atoms with Gasteiger partial charge in [0.25, 0.3) is 0 Å². The quantitative estimate of drug-likeness (QED) is 0.582. The van der Waals surface area contributed by atoms with Gasteiger partial charge in [0.05, 0.1) is 15.6 Å². The normalized spacial score (nSPS) is 17.1. The molecule has 1 N–H and O–H groups in total. The molecule has 2 aromatic carbocycles. The topological polar surface area (TPSA) is 69.7 Å². The number of nitrogens with zero attached hydrogens (tertiary/aromatic N) is 2. The molecule has 6 nitrogen and oxygen atoms in total. The highest BCUT2D eigenvalue weighted by Crippen LogP contribution is 2.30. The lowest BCUT2D eigenvalue weighted by Crippen LogP contribution is -2.30. The number of halogens is 1. The third-order valence-corrected chi connectivity index (χ3v) is 8.33. The van der Waals surface area contributed by atoms with E-state index in [1.165, 1.54) is 33.6 Å². The van der Waals surface area contributed by atoms with E-state index in [-0.39, 0.29) is 10.8 Å². The Bertz CT molecular complexity index is 1060. The van der Waals surface area contributed by atoms with Crippen molar-refractivity contribution in [2.24, 2.45) is 0 Å². The van der Waals surface area contributed by atoms with E-state index < -0.39 is 10.0 Å². The van der Waals surface area contributed by atoms with E-state index in [4.69, 9.17) is 11.6 Å². The summed E-state index contributed by atoms with van der Waals surface area (Å²) >= 11 is 6.26. The molecule has 8 heteroatoms. The zero-order chi connectivity index (χ0) is 22.7. The number of carbonyl (C=O) groups excluding carboxylic acids is 1. The molecular formula is C24H30ClN3O3S. The average Bonchev–Trinajstić information content (AvgIpc) is 3.45. The van der Waals surface area contributed by atoms with Crippen LogP contribution in [0.5, 0.6) is 0 Å². The average molecular weight is 476 g/mol. The van der Waals surface area contributed by atoms with E-state index in [0.29, 0.717) is 42.8 Å². The maximum atomic E-state index is 12.8. The van der Waals surface area contributed by atoms with Gasteiger partial charge in [0, 0.05) is 38.6 Å². The van der Waals surface area contributed by atoms with Gasteiger partial charge in [-0.25, -0.2) is 8.42 Å². The monoisotopic (exact) mass is 475 g/mol. The second-order valence-electron chi connectivity index (χ2n) is 8.74. The molecule has 172 valence electrons. The van der Waals surface area contributed by atoms with Crippen LogP contribution in [0.3, 0.4) is 0 Å². The fraction of sp³-hybridized carbons (Fsp3) is 0.458. The van der Waals surface area contributed by atoms with Crippen LogP contribution in [0.4, 0.5) is 5.69 Å². The first-order valence-electron chi connectivity index (χ1n) is 11.2. The van der Waals surface area contributed by atoms with Gasteiger partial charge in [-0.3, -0.25) is 9.69 Å². The second kappa shape index (κ2) is 9.91. The third-order valence-electron chi connectivity index (χ3n) is 6.11. The van der Waals surface area contributed by atoms with Crippen molar-refractivity contribution in [3.8, 4) is 0 Å². The number of nitrogens with one attached hydrogen (secondary N) is 1. The molecule has 2 fully saturated rings. The molecule has 32 heavy (non-hydrogen) atoms. The van der Waals surface area contributed by atoms with Crippen LogP contribution in [-0.4, -0.2) is 49.2 Å². The molecule has 0 unspecified atom stereocenters. The third kappa shape index (κ3) is 5.70. The minimum absolute atomic E-state index is 0.165. The van der Waals surface area contributed by atoms with Crippen LogP contribution in [0.2, 0.25) is 5.02 Å². The lowest BCUT2D eigenvalue weighted by atomic mass is 10.1. The van der Waals surface area contributed by atoms with E-state index in [0.717, 1.165) is 32.2 Å². The van der Waals surface area contributed by atoms with Crippen molar-refractivity contribution in [1.29, 1.82) is 0 Å². The first-order chi connectivity index (χ1) is 15.3. The van der Waals surface area contributed by atoms with Crippen molar-refractivity contribution in [1.82, 2.24) is 9.21 Å². The van der Waals surface area contributed by atoms with Crippen LogP contribution in [0.1, 0.15) is 43.2 Å². The molecule has 0 atom stereocenters. The van der Waals surface area contributed by atoms with Gasteiger partial charge in [-0.15, -0.1) is 0 Å². The summed E-state index contributed by atoms with van der Waals surface area (Å²) in [7, 11) is -3.56. The van der Waals surface area contributed by atoms with Crippen LogP contribution >= 0.6 is 11.6 Å². The minimum Gasteiger partial charge on any atom is -0.325 e. The van der Waals surface area contributed by atoms with Gasteiger partial charge in [-0.2, -0.15) is 4.31 Å². The number of hydrogen-bond donors (Lipinski definition) is 1. The number of hydrogen-bond acceptors (Lipinski definition) is 4. The van der Waals surface area contributed by atoms with E-state index in [9.17, 15) is 13.2 Å². The lowest BCUT2D eigenvalue weighted by Gasteiger charge is -2.22. The highest BCUT2D eigenvalue weighted by atomic mass is 35.5. The molecule has 4 rings (SSSR count). The predicted octanol–water partition coefficient (Wildman–Crippen LogP) is 4.43. The van der Waals surface area contributed by atoms with Crippen molar-refractivity contribution in [2.45, 2.75) is 56.5 Å². The number of sulfonamides is 1. The van der Waals surface area contributed by atoms with Gasteiger partial charge in [0.15, 0.2) is 0 Å². The molecule has 0 spiro atoms. The number of amides is 1. The summed E-state index contributed by atoms with van der Waals surface area (Å²) in [6, 6.07) is 13.5. The van der Waals surface area contributed by atoms with Gasteiger partial charge in [0.1, 0.15) is 0 Å². The van der Waals surface area contributed by atoms with Crippen LogP contribution in [0.25, 0.3) is 0 Å². The molecule has 1 heterocycles. The standard InChI is InChI=1S/C24H30ClN3O3S/c1-18-4-6-19(7-5-18)17-27(20-8-9-20)15-12-24(29)26-23-16-21(10-11-22(23)25)32(30,31)28-13-2-3-14-28/h4-7,10-11,16,20H,2-3,8-9,12-15,17H2,1H3,(H,26,29). The second-order valence-corrected chi connectivity index (χ2v) is 11.1. The number of benzene rings is 2. The summed E-state index contributed by atoms with van der Waals surface area (Å²) in [5.74, 6) is -0.169. The number of aryl methyl sites for hydroxylation is 1. The molecule has 2 aliphatic rings. The van der Waals surface area contributed by atoms with E-state index >= 15 is 0 Å². The maximum absolute atomic E-state index is 12.8. The molecule has 0 aromatic heterocycles. The molecule has 1 aliphatic carbocycles. The Morgan fingerprint density at radius 2 is 1.81 bits per heavy atom. The number of carbonyl (C=O) groups is 1. The van der Waals surface area contributed by atoms with Crippen molar-refractivity contribution in [3.63, 3.8) is 0 Å². The molecule has 0 radical (unpaired) electrons. The van der Waals surface area contributed by atoms with Gasteiger partial charge in [0.2, 0.25) is 15.9 Å². The van der Waals surface area contributed by atoms with E-state index in [1.54, 1.807) is 0 Å². The number of rotatable bonds is 9. The van der Waals surface area contributed by atoms with E-state index in [1.807, 2.05) is 0 Å². The molecule has 1 aliphatic heterocycles. The Morgan fingerprint density at radius 3 is 2.47 bits per heavy atom. The lowest BCUT2D eigenvalue weighted by molar-refractivity contribution is -0.116. The first kappa shape index (κ1) is 23.2. The minimum atomic E-state index is -3.56. The van der Waals surface area contributed by atoms with Crippen molar-refractivity contribution >= 4 is 33.2 Å². The SMILES string of the molecule is Cc1ccc(CN(CCC(=O)Nc2cc(S(=O)(=O)N3CCCC3)ccc2Cl)C2CC2)cc1. The Hall–Kier alpha value is -1.93.